The lowest BCUT2D eigenvalue weighted by atomic mass is 10.1. The highest BCUT2D eigenvalue weighted by Crippen LogP contribution is 2.28. The van der Waals surface area contributed by atoms with Crippen LogP contribution in [0.4, 0.5) is 4.39 Å². The normalized spacial score (nSPS) is 20.5. The first-order valence-electron chi connectivity index (χ1n) is 6.48. The largest absolute Gasteiger partial charge is 0.371 e. The summed E-state index contributed by atoms with van der Waals surface area (Å²) in [6, 6.07) is 9.27. The quantitative estimate of drug-likeness (QED) is 0.871. The van der Waals surface area contributed by atoms with Gasteiger partial charge in [0.2, 0.25) is 0 Å². The van der Waals surface area contributed by atoms with Crippen LogP contribution < -0.4 is 0 Å². The Morgan fingerprint density at radius 1 is 1.24 bits per heavy atom. The molecule has 0 amide bonds. The molecule has 21 heavy (non-hydrogen) atoms. The molecule has 1 saturated heterocycles. The van der Waals surface area contributed by atoms with Crippen molar-refractivity contribution in [3.63, 3.8) is 0 Å². The summed E-state index contributed by atoms with van der Waals surface area (Å²) in [5.74, 6) is -0.322. The lowest BCUT2D eigenvalue weighted by Gasteiger charge is -2.32. The topological polar surface area (TPSA) is 46.6 Å². The second-order valence-corrected chi connectivity index (χ2v) is 7.82. The van der Waals surface area contributed by atoms with Crippen molar-refractivity contribution in [2.24, 2.45) is 0 Å². The molecular weight excluding hydrogens is 313 g/mol. The highest BCUT2D eigenvalue weighted by atomic mass is 32.2. The number of rotatable bonds is 3. The van der Waals surface area contributed by atoms with Gasteiger partial charge >= 0.3 is 0 Å². The fraction of sp³-hybridized carbons (Fsp3) is 0.286. The van der Waals surface area contributed by atoms with Gasteiger partial charge in [0.15, 0.2) is 0 Å². The van der Waals surface area contributed by atoms with Crippen molar-refractivity contribution in [2.45, 2.75) is 10.3 Å². The molecule has 1 aliphatic heterocycles. The summed E-state index contributed by atoms with van der Waals surface area (Å²) in [5, 5.41) is 1.74. The number of hydrogen-bond donors (Lipinski definition) is 0. The molecule has 2 aromatic rings. The Hall–Kier alpha value is -1.28. The molecule has 7 heteroatoms. The molecule has 1 atom stereocenters. The summed E-state index contributed by atoms with van der Waals surface area (Å²) in [6.07, 6.45) is -0.367. The minimum Gasteiger partial charge on any atom is -0.371 e. The van der Waals surface area contributed by atoms with Gasteiger partial charge in [0.1, 0.15) is 10.0 Å². The van der Waals surface area contributed by atoms with Gasteiger partial charge < -0.3 is 4.74 Å². The maximum atomic E-state index is 13.0. The third kappa shape index (κ3) is 3.01. The number of nitrogens with zero attached hydrogens (tertiary/aromatic N) is 1. The van der Waals surface area contributed by atoms with E-state index < -0.39 is 10.0 Å². The lowest BCUT2D eigenvalue weighted by Crippen LogP contribution is -2.41. The monoisotopic (exact) mass is 327 g/mol. The summed E-state index contributed by atoms with van der Waals surface area (Å²) in [5.41, 5.74) is 0.780. The number of thiophene rings is 1. The van der Waals surface area contributed by atoms with E-state index in [9.17, 15) is 12.8 Å². The molecule has 0 radical (unpaired) electrons. The zero-order valence-electron chi connectivity index (χ0n) is 11.1. The Balaban J connectivity index is 1.82. The van der Waals surface area contributed by atoms with Crippen molar-refractivity contribution in [2.75, 3.05) is 19.7 Å². The van der Waals surface area contributed by atoms with E-state index in [0.29, 0.717) is 17.4 Å². The number of hydrogen-bond acceptors (Lipinski definition) is 4. The third-order valence-electron chi connectivity index (χ3n) is 3.36. The predicted molar refractivity (Wildman–Crippen MR) is 78.2 cm³/mol. The van der Waals surface area contributed by atoms with E-state index in [1.807, 2.05) is 0 Å². The van der Waals surface area contributed by atoms with Crippen LogP contribution in [0.15, 0.2) is 46.0 Å². The maximum absolute atomic E-state index is 13.0. The fourth-order valence-corrected chi connectivity index (χ4v) is 4.83. The van der Waals surface area contributed by atoms with E-state index in [4.69, 9.17) is 4.74 Å². The maximum Gasteiger partial charge on any atom is 0.252 e. The van der Waals surface area contributed by atoms with Crippen molar-refractivity contribution in [3.05, 3.63) is 53.2 Å². The highest BCUT2D eigenvalue weighted by Gasteiger charge is 2.32. The molecule has 0 saturated carbocycles. The van der Waals surface area contributed by atoms with Crippen LogP contribution in [0.3, 0.4) is 0 Å². The zero-order chi connectivity index (χ0) is 14.9. The standard InChI is InChI=1S/C14H14FNO3S2/c15-12-5-3-11(4-6-12)13-10-16(7-8-19-13)21(17,18)14-2-1-9-20-14/h1-6,9,13H,7-8,10H2/t13-/m1/s1. The molecule has 1 aliphatic rings. The molecule has 0 unspecified atom stereocenters. The van der Waals surface area contributed by atoms with Gasteiger partial charge in [-0.05, 0) is 29.1 Å². The average Bonchev–Trinajstić information content (AvgIpc) is 3.03. The van der Waals surface area contributed by atoms with Crippen LogP contribution in [0.2, 0.25) is 0 Å². The first kappa shape index (κ1) is 14.6. The number of ether oxygens (including phenoxy) is 1. The predicted octanol–water partition coefficient (Wildman–Crippen LogP) is 2.65. The SMILES string of the molecule is O=S(=O)(c1cccs1)N1CCO[C@@H](c2ccc(F)cc2)C1. The number of morpholine rings is 1. The summed E-state index contributed by atoms with van der Waals surface area (Å²) in [7, 11) is -3.47. The molecule has 1 fully saturated rings. The van der Waals surface area contributed by atoms with Crippen molar-refractivity contribution >= 4 is 21.4 Å². The van der Waals surface area contributed by atoms with Gasteiger partial charge in [0.05, 0.1) is 12.7 Å². The van der Waals surface area contributed by atoms with E-state index in [1.165, 1.54) is 27.8 Å². The van der Waals surface area contributed by atoms with E-state index in [-0.39, 0.29) is 18.5 Å². The minimum atomic E-state index is -3.47. The van der Waals surface area contributed by atoms with Gasteiger partial charge in [0, 0.05) is 13.1 Å². The average molecular weight is 327 g/mol. The lowest BCUT2D eigenvalue weighted by molar-refractivity contribution is -0.00253. The van der Waals surface area contributed by atoms with E-state index in [2.05, 4.69) is 0 Å². The van der Waals surface area contributed by atoms with Crippen LogP contribution in [-0.4, -0.2) is 32.4 Å². The Bertz CT molecular complexity index is 698. The van der Waals surface area contributed by atoms with E-state index in [1.54, 1.807) is 29.6 Å². The smallest absolute Gasteiger partial charge is 0.252 e. The summed E-state index contributed by atoms with van der Waals surface area (Å²) in [6.45, 7) is 0.899. The van der Waals surface area contributed by atoms with Gasteiger partial charge in [-0.2, -0.15) is 4.31 Å². The molecular formula is C14H14FNO3S2. The Kier molecular flexibility index (Phi) is 4.08. The number of sulfonamides is 1. The van der Waals surface area contributed by atoms with Gasteiger partial charge in [-0.15, -0.1) is 11.3 Å². The molecule has 2 heterocycles. The Morgan fingerprint density at radius 3 is 2.67 bits per heavy atom. The van der Waals surface area contributed by atoms with Gasteiger partial charge in [-0.25, -0.2) is 12.8 Å². The van der Waals surface area contributed by atoms with Gasteiger partial charge in [0.25, 0.3) is 10.0 Å². The first-order chi connectivity index (χ1) is 10.1. The van der Waals surface area contributed by atoms with Crippen LogP contribution >= 0.6 is 11.3 Å². The number of halogens is 1. The fourth-order valence-electron chi connectivity index (χ4n) is 2.26. The van der Waals surface area contributed by atoms with Crippen LogP contribution in [-0.2, 0) is 14.8 Å². The van der Waals surface area contributed by atoms with Crippen molar-refractivity contribution in [1.29, 1.82) is 0 Å². The zero-order valence-corrected chi connectivity index (χ0v) is 12.7. The Labute approximate surface area is 126 Å². The molecule has 4 nitrogen and oxygen atoms in total. The summed E-state index contributed by atoms with van der Waals surface area (Å²) >= 11 is 1.20. The van der Waals surface area contributed by atoms with Crippen LogP contribution in [0, 0.1) is 5.82 Å². The van der Waals surface area contributed by atoms with E-state index in [0.717, 1.165) is 5.56 Å². The third-order valence-corrected chi connectivity index (χ3v) is 6.60. The van der Waals surface area contributed by atoms with Gasteiger partial charge in [-0.3, -0.25) is 0 Å². The van der Waals surface area contributed by atoms with E-state index >= 15 is 0 Å². The first-order valence-corrected chi connectivity index (χ1v) is 8.80. The number of benzene rings is 1. The van der Waals surface area contributed by atoms with Crippen LogP contribution in [0.1, 0.15) is 11.7 Å². The van der Waals surface area contributed by atoms with Crippen molar-refractivity contribution in [1.82, 2.24) is 4.31 Å². The minimum absolute atomic E-state index is 0.242. The molecule has 3 rings (SSSR count). The van der Waals surface area contributed by atoms with Crippen molar-refractivity contribution in [3.8, 4) is 0 Å². The molecule has 0 aliphatic carbocycles. The van der Waals surface area contributed by atoms with Crippen LogP contribution in [0.25, 0.3) is 0 Å². The molecule has 0 N–H and O–H groups in total. The second-order valence-electron chi connectivity index (χ2n) is 4.71. The molecule has 0 bridgehead atoms. The Morgan fingerprint density at radius 2 is 2.00 bits per heavy atom. The summed E-state index contributed by atoms with van der Waals surface area (Å²) in [4.78, 5) is 0. The van der Waals surface area contributed by atoms with Crippen molar-refractivity contribution < 1.29 is 17.5 Å². The van der Waals surface area contributed by atoms with Crippen LogP contribution in [0.5, 0.6) is 0 Å². The molecule has 0 spiro atoms. The highest BCUT2D eigenvalue weighted by molar-refractivity contribution is 7.91. The van der Waals surface area contributed by atoms with Gasteiger partial charge in [-0.1, -0.05) is 18.2 Å². The summed E-state index contributed by atoms with van der Waals surface area (Å²) < 4.78 is 45.3. The second kappa shape index (κ2) is 5.84. The molecule has 112 valence electrons. The molecule has 1 aromatic carbocycles. The molecule has 1 aromatic heterocycles.